The Kier molecular flexibility index (Phi) is 9.87. The molecule has 1 rings (SSSR count). The Morgan fingerprint density at radius 1 is 1.05 bits per heavy atom. The van der Waals surface area contributed by atoms with E-state index in [0.717, 1.165) is 31.7 Å². The first kappa shape index (κ1) is 18.0. The zero-order valence-corrected chi connectivity index (χ0v) is 13.6. The maximum atomic E-state index is 5.52. The molecule has 120 valence electrons. The van der Waals surface area contributed by atoms with Gasteiger partial charge >= 0.3 is 0 Å². The number of methoxy groups -OCH3 is 2. The van der Waals surface area contributed by atoms with E-state index in [-0.39, 0.29) is 0 Å². The summed E-state index contributed by atoms with van der Waals surface area (Å²) in [7, 11) is 5.40. The molecule has 0 bridgehead atoms. The summed E-state index contributed by atoms with van der Waals surface area (Å²) in [5, 5.41) is 3.29. The first-order valence-corrected chi connectivity index (χ1v) is 7.64. The molecule has 0 aliphatic heterocycles. The van der Waals surface area contributed by atoms with Crippen molar-refractivity contribution in [1.29, 1.82) is 0 Å². The smallest absolute Gasteiger partial charge is 0.118 e. The first-order chi connectivity index (χ1) is 10.3. The highest BCUT2D eigenvalue weighted by molar-refractivity contribution is 5.27. The molecule has 0 saturated heterocycles. The minimum atomic E-state index is 0.634. The maximum absolute atomic E-state index is 5.52. The van der Waals surface area contributed by atoms with Gasteiger partial charge in [-0.15, -0.1) is 0 Å². The van der Waals surface area contributed by atoms with Crippen LogP contribution >= 0.6 is 0 Å². The molecule has 0 saturated carbocycles. The summed E-state index contributed by atoms with van der Waals surface area (Å²) in [5.41, 5.74) is 1.36. The van der Waals surface area contributed by atoms with Gasteiger partial charge in [-0.3, -0.25) is 0 Å². The number of hydrogen-bond acceptors (Lipinski definition) is 4. The predicted molar refractivity (Wildman–Crippen MR) is 86.0 cm³/mol. The number of ether oxygens (including phenoxy) is 3. The lowest BCUT2D eigenvalue weighted by Crippen LogP contribution is -2.21. The topological polar surface area (TPSA) is 39.7 Å². The Morgan fingerprint density at radius 3 is 2.43 bits per heavy atom. The van der Waals surface area contributed by atoms with Crippen LogP contribution in [0.25, 0.3) is 0 Å². The van der Waals surface area contributed by atoms with E-state index in [4.69, 9.17) is 14.2 Å². The molecule has 4 heteroatoms. The molecule has 0 aliphatic carbocycles. The van der Waals surface area contributed by atoms with E-state index in [9.17, 15) is 0 Å². The zero-order chi connectivity index (χ0) is 15.3. The Morgan fingerprint density at radius 2 is 1.81 bits per heavy atom. The molecule has 0 amide bonds. The first-order valence-electron chi connectivity index (χ1n) is 7.64. The van der Waals surface area contributed by atoms with Crippen molar-refractivity contribution in [2.75, 3.05) is 47.6 Å². The highest BCUT2D eigenvalue weighted by Crippen LogP contribution is 2.17. The van der Waals surface area contributed by atoms with Gasteiger partial charge in [0.2, 0.25) is 0 Å². The van der Waals surface area contributed by atoms with Gasteiger partial charge in [-0.1, -0.05) is 12.1 Å². The summed E-state index contributed by atoms with van der Waals surface area (Å²) in [4.78, 5) is 0. The highest BCUT2D eigenvalue weighted by Gasteiger charge is 2.09. The quantitative estimate of drug-likeness (QED) is 0.602. The second-order valence-electron chi connectivity index (χ2n) is 5.22. The van der Waals surface area contributed by atoms with E-state index >= 15 is 0 Å². The Hall–Kier alpha value is -1.10. The van der Waals surface area contributed by atoms with Crippen LogP contribution in [0, 0.1) is 5.92 Å². The van der Waals surface area contributed by atoms with E-state index in [2.05, 4.69) is 17.4 Å². The van der Waals surface area contributed by atoms with Crippen LogP contribution in [0.15, 0.2) is 24.3 Å². The number of hydrogen-bond donors (Lipinski definition) is 1. The minimum Gasteiger partial charge on any atom is -0.497 e. The third-order valence-electron chi connectivity index (χ3n) is 3.51. The van der Waals surface area contributed by atoms with Crippen molar-refractivity contribution in [3.05, 3.63) is 29.8 Å². The van der Waals surface area contributed by atoms with Crippen molar-refractivity contribution < 1.29 is 14.2 Å². The van der Waals surface area contributed by atoms with Gasteiger partial charge in [0.05, 0.1) is 20.3 Å². The van der Waals surface area contributed by atoms with Gasteiger partial charge in [-0.05, 0) is 56.5 Å². The fourth-order valence-corrected chi connectivity index (χ4v) is 2.38. The van der Waals surface area contributed by atoms with Crippen LogP contribution in [0.1, 0.15) is 18.4 Å². The van der Waals surface area contributed by atoms with E-state index in [1.165, 1.54) is 12.0 Å². The van der Waals surface area contributed by atoms with Crippen molar-refractivity contribution in [2.45, 2.75) is 19.3 Å². The van der Waals surface area contributed by atoms with E-state index in [0.29, 0.717) is 19.1 Å². The molecule has 1 unspecified atom stereocenters. The summed E-state index contributed by atoms with van der Waals surface area (Å²) in [6.07, 6.45) is 3.34. The highest BCUT2D eigenvalue weighted by atomic mass is 16.5. The third kappa shape index (κ3) is 8.05. The molecule has 1 atom stereocenters. The van der Waals surface area contributed by atoms with E-state index < -0.39 is 0 Å². The van der Waals surface area contributed by atoms with Crippen LogP contribution in [0.4, 0.5) is 0 Å². The van der Waals surface area contributed by atoms with Crippen LogP contribution < -0.4 is 10.1 Å². The van der Waals surface area contributed by atoms with Gasteiger partial charge in [0.1, 0.15) is 5.75 Å². The molecule has 1 N–H and O–H groups in total. The summed E-state index contributed by atoms with van der Waals surface area (Å²) in [6.45, 7) is 3.20. The lowest BCUT2D eigenvalue weighted by molar-refractivity contribution is 0.0672. The molecule has 0 aliphatic rings. The second kappa shape index (κ2) is 11.5. The van der Waals surface area contributed by atoms with Crippen molar-refractivity contribution in [3.63, 3.8) is 0 Å². The third-order valence-corrected chi connectivity index (χ3v) is 3.51. The Balaban J connectivity index is 2.31. The summed E-state index contributed by atoms with van der Waals surface area (Å²) >= 11 is 0. The van der Waals surface area contributed by atoms with E-state index in [1.807, 2.05) is 19.2 Å². The second-order valence-corrected chi connectivity index (χ2v) is 5.22. The van der Waals surface area contributed by atoms with Gasteiger partial charge in [0.25, 0.3) is 0 Å². The summed E-state index contributed by atoms with van der Waals surface area (Å²) < 4.78 is 15.7. The van der Waals surface area contributed by atoms with Gasteiger partial charge in [-0.25, -0.2) is 0 Å². The van der Waals surface area contributed by atoms with Crippen LogP contribution in [0.3, 0.4) is 0 Å². The van der Waals surface area contributed by atoms with Crippen molar-refractivity contribution >= 4 is 0 Å². The van der Waals surface area contributed by atoms with Gasteiger partial charge in [-0.2, -0.15) is 0 Å². The SMILES string of the molecule is CNCC(CCCOCCOC)Cc1ccc(OC)cc1. The predicted octanol–water partition coefficient (Wildman–Crippen LogP) is 2.52. The molecule has 1 aromatic rings. The normalized spacial score (nSPS) is 12.3. The van der Waals surface area contributed by atoms with E-state index in [1.54, 1.807) is 14.2 Å². The zero-order valence-electron chi connectivity index (χ0n) is 13.6. The molecular formula is C17H29NO3. The standard InChI is InChI=1S/C17H29NO3/c1-18-14-16(5-4-10-21-12-11-19-2)13-15-6-8-17(20-3)9-7-15/h6-9,16,18H,4-5,10-14H2,1-3H3. The van der Waals surface area contributed by atoms with Crippen LogP contribution in [-0.4, -0.2) is 47.6 Å². The van der Waals surface area contributed by atoms with Crippen molar-refractivity contribution in [3.8, 4) is 5.75 Å². The lowest BCUT2D eigenvalue weighted by Gasteiger charge is -2.17. The average Bonchev–Trinajstić information content (AvgIpc) is 2.51. The number of benzene rings is 1. The summed E-state index contributed by atoms with van der Waals surface area (Å²) in [6, 6.07) is 8.35. The fourth-order valence-electron chi connectivity index (χ4n) is 2.38. The lowest BCUT2D eigenvalue weighted by atomic mass is 9.95. The number of nitrogens with one attached hydrogen (secondary N) is 1. The number of rotatable bonds is 12. The van der Waals surface area contributed by atoms with Crippen LogP contribution in [0.2, 0.25) is 0 Å². The monoisotopic (exact) mass is 295 g/mol. The molecule has 4 nitrogen and oxygen atoms in total. The van der Waals surface area contributed by atoms with Crippen molar-refractivity contribution in [1.82, 2.24) is 5.32 Å². The van der Waals surface area contributed by atoms with Crippen LogP contribution in [-0.2, 0) is 15.9 Å². The molecular weight excluding hydrogens is 266 g/mol. The van der Waals surface area contributed by atoms with Crippen LogP contribution in [0.5, 0.6) is 5.75 Å². The summed E-state index contributed by atoms with van der Waals surface area (Å²) in [5.74, 6) is 1.55. The molecule has 0 fully saturated rings. The molecule has 1 aromatic carbocycles. The van der Waals surface area contributed by atoms with Gasteiger partial charge in [0, 0.05) is 13.7 Å². The fraction of sp³-hybridized carbons (Fsp3) is 0.647. The van der Waals surface area contributed by atoms with Gasteiger partial charge in [0.15, 0.2) is 0 Å². The molecule has 0 spiro atoms. The molecule has 0 radical (unpaired) electrons. The molecule has 0 heterocycles. The largest absolute Gasteiger partial charge is 0.497 e. The van der Waals surface area contributed by atoms with Gasteiger partial charge < -0.3 is 19.5 Å². The maximum Gasteiger partial charge on any atom is 0.118 e. The Labute approximate surface area is 128 Å². The Bertz CT molecular complexity index is 354. The average molecular weight is 295 g/mol. The van der Waals surface area contributed by atoms with Crippen molar-refractivity contribution in [2.24, 2.45) is 5.92 Å². The minimum absolute atomic E-state index is 0.634. The molecule has 0 aromatic heterocycles. The molecule has 21 heavy (non-hydrogen) atoms.